The summed E-state index contributed by atoms with van der Waals surface area (Å²) in [4.78, 5) is 0. The Labute approximate surface area is 136 Å². The van der Waals surface area contributed by atoms with Crippen molar-refractivity contribution in [2.45, 2.75) is 27.7 Å². The van der Waals surface area contributed by atoms with Gasteiger partial charge in [-0.3, -0.25) is 3.97 Å². The van der Waals surface area contributed by atoms with E-state index in [0.29, 0.717) is 0 Å². The molecule has 0 atom stereocenters. The van der Waals surface area contributed by atoms with Crippen LogP contribution < -0.4 is 5.43 Å². The van der Waals surface area contributed by atoms with Gasteiger partial charge in [-0.2, -0.15) is 0 Å². The molecule has 0 radical (unpaired) electrons. The summed E-state index contributed by atoms with van der Waals surface area (Å²) in [5, 5.41) is 2.08. The van der Waals surface area contributed by atoms with Gasteiger partial charge in [-0.1, -0.05) is 13.8 Å². The molecule has 92 valence electrons. The minimum atomic E-state index is 0. The number of aromatic nitrogens is 1. The number of nitrogens with zero attached hydrogens (tertiary/aromatic N) is 2. The van der Waals surface area contributed by atoms with Crippen LogP contribution in [0, 0.1) is 13.8 Å². The van der Waals surface area contributed by atoms with Crippen LogP contribution in [0.25, 0.3) is 0 Å². The predicted octanol–water partition coefficient (Wildman–Crippen LogP) is 2.08. The molecule has 1 N–H and O–H groups in total. The Morgan fingerprint density at radius 1 is 1.41 bits per heavy atom. The van der Waals surface area contributed by atoms with Gasteiger partial charge in [-0.25, -0.2) is 5.01 Å². The summed E-state index contributed by atoms with van der Waals surface area (Å²) in [6.45, 7) is 10.3. The summed E-state index contributed by atoms with van der Waals surface area (Å²) in [7, 11) is 0. The monoisotopic (exact) mass is 281 g/mol. The minimum absolute atomic E-state index is 0. The molecule has 0 spiro atoms. The molecule has 1 aromatic rings. The van der Waals surface area contributed by atoms with Gasteiger partial charge in [0.1, 0.15) is 0 Å². The van der Waals surface area contributed by atoms with Gasteiger partial charge in [-0.15, -0.1) is 0 Å². The van der Waals surface area contributed by atoms with Crippen molar-refractivity contribution in [2.24, 2.45) is 0 Å². The molecular formula is C11H20N3NaS2. The molecule has 0 saturated heterocycles. The van der Waals surface area contributed by atoms with Crippen molar-refractivity contribution in [2.75, 3.05) is 13.1 Å². The van der Waals surface area contributed by atoms with Crippen LogP contribution in [0.5, 0.6) is 0 Å². The van der Waals surface area contributed by atoms with E-state index in [9.17, 15) is 0 Å². The van der Waals surface area contributed by atoms with E-state index in [0.717, 1.165) is 17.4 Å². The number of thiocarbonyl (C=S) groups is 1. The van der Waals surface area contributed by atoms with Crippen LogP contribution in [0.1, 0.15) is 25.1 Å². The van der Waals surface area contributed by atoms with Gasteiger partial charge < -0.3 is 5.43 Å². The fraction of sp³-hybridized carbons (Fsp3) is 0.545. The van der Waals surface area contributed by atoms with Gasteiger partial charge in [0.05, 0.1) is 0 Å². The van der Waals surface area contributed by atoms with Crippen molar-refractivity contribution in [1.29, 1.82) is 0 Å². The number of rotatable bonds is 4. The van der Waals surface area contributed by atoms with Crippen LogP contribution >= 0.6 is 24.2 Å². The van der Waals surface area contributed by atoms with E-state index in [-0.39, 0.29) is 29.6 Å². The fourth-order valence-electron chi connectivity index (χ4n) is 1.44. The number of aryl methyl sites for hydroxylation is 2. The quantitative estimate of drug-likeness (QED) is 0.518. The van der Waals surface area contributed by atoms with E-state index < -0.39 is 0 Å². The van der Waals surface area contributed by atoms with E-state index in [2.05, 4.69) is 54.4 Å². The molecule has 0 amide bonds. The Morgan fingerprint density at radius 3 is 2.41 bits per heavy atom. The first-order valence-electron chi connectivity index (χ1n) is 5.46. The number of nitrogens with one attached hydrogen (secondary N) is 1. The normalized spacial score (nSPS) is 10.2. The Kier molecular flexibility index (Phi) is 8.80. The van der Waals surface area contributed by atoms with E-state index in [1.807, 2.05) is 0 Å². The molecule has 0 unspecified atom stereocenters. The van der Waals surface area contributed by atoms with Crippen molar-refractivity contribution < 1.29 is 0 Å². The van der Waals surface area contributed by atoms with Gasteiger partial charge in [0.2, 0.25) is 0 Å². The maximum absolute atomic E-state index is 5.30. The number of hydrazine groups is 1. The second kappa shape index (κ2) is 8.56. The van der Waals surface area contributed by atoms with Gasteiger partial charge in [0.25, 0.3) is 0 Å². The first kappa shape index (κ1) is 17.5. The molecule has 6 heteroatoms. The zero-order valence-corrected chi connectivity index (χ0v) is 11.9. The van der Waals surface area contributed by atoms with Crippen molar-refractivity contribution in [3.8, 4) is 0 Å². The second-order valence-corrected chi connectivity index (χ2v) is 5.30. The van der Waals surface area contributed by atoms with Gasteiger partial charge in [0, 0.05) is 36.9 Å². The fourth-order valence-corrected chi connectivity index (χ4v) is 2.57. The van der Waals surface area contributed by atoms with Crippen molar-refractivity contribution in [3.05, 3.63) is 23.5 Å². The van der Waals surface area contributed by atoms with Crippen molar-refractivity contribution in [1.82, 2.24) is 14.4 Å². The molecule has 1 aromatic heterocycles. The van der Waals surface area contributed by atoms with Crippen molar-refractivity contribution in [3.63, 3.8) is 0 Å². The van der Waals surface area contributed by atoms with Crippen LogP contribution in [-0.2, 0) is 0 Å². The molecule has 17 heavy (non-hydrogen) atoms. The standard InChI is InChI=1S/C11H19N3S2.Na.H/c1-5-13(6-2)12-11(15)16-14-8-9(3)7-10(14)4;;/h7-8H,5-6H2,1-4H3,(H,12,15);;. The Morgan fingerprint density at radius 2 is 2.00 bits per heavy atom. The van der Waals surface area contributed by atoms with Crippen LogP contribution in [0.2, 0.25) is 0 Å². The first-order valence-corrected chi connectivity index (χ1v) is 6.64. The number of hydrogen-bond acceptors (Lipinski definition) is 3. The van der Waals surface area contributed by atoms with Crippen LogP contribution in [0.3, 0.4) is 0 Å². The summed E-state index contributed by atoms with van der Waals surface area (Å²) in [5.41, 5.74) is 5.68. The molecular weight excluding hydrogens is 261 g/mol. The Hall–Kier alpha value is 0.480. The molecule has 0 saturated carbocycles. The first-order chi connectivity index (χ1) is 7.56. The third kappa shape index (κ3) is 5.77. The van der Waals surface area contributed by atoms with E-state index in [1.165, 1.54) is 11.3 Å². The summed E-state index contributed by atoms with van der Waals surface area (Å²) >= 11 is 6.85. The zero-order valence-electron chi connectivity index (χ0n) is 10.3. The van der Waals surface area contributed by atoms with Gasteiger partial charge in [0.15, 0.2) is 4.32 Å². The molecule has 0 aliphatic rings. The SMILES string of the molecule is CCN(CC)NC(=S)Sn1cc(C)cc1C.[NaH]. The molecule has 0 aliphatic carbocycles. The third-order valence-electron chi connectivity index (χ3n) is 2.30. The van der Waals surface area contributed by atoms with Crippen molar-refractivity contribution >= 4 is 58.0 Å². The zero-order chi connectivity index (χ0) is 12.1. The summed E-state index contributed by atoms with van der Waals surface area (Å²) in [6.07, 6.45) is 2.09. The molecule has 0 aromatic carbocycles. The average Bonchev–Trinajstić information content (AvgIpc) is 2.54. The molecule has 3 nitrogen and oxygen atoms in total. The molecule has 1 heterocycles. The Balaban J connectivity index is 0.00000256. The topological polar surface area (TPSA) is 20.2 Å². The molecule has 1 rings (SSSR count). The summed E-state index contributed by atoms with van der Waals surface area (Å²) in [6, 6.07) is 2.15. The molecule has 0 bridgehead atoms. The third-order valence-corrected chi connectivity index (χ3v) is 3.46. The maximum atomic E-state index is 5.30. The van der Waals surface area contributed by atoms with Crippen LogP contribution in [0.15, 0.2) is 12.3 Å². The number of hydrogen-bond donors (Lipinski definition) is 1. The molecule has 0 fully saturated rings. The average molecular weight is 281 g/mol. The second-order valence-electron chi connectivity index (χ2n) is 3.65. The summed E-state index contributed by atoms with van der Waals surface area (Å²) < 4.78 is 2.87. The van der Waals surface area contributed by atoms with Crippen LogP contribution in [-0.4, -0.2) is 55.9 Å². The Bertz CT molecular complexity index is 362. The van der Waals surface area contributed by atoms with Gasteiger partial charge in [-0.05, 0) is 37.7 Å². The van der Waals surface area contributed by atoms with E-state index >= 15 is 0 Å². The summed E-state index contributed by atoms with van der Waals surface area (Å²) in [5.74, 6) is 0. The van der Waals surface area contributed by atoms with Gasteiger partial charge >= 0.3 is 29.6 Å². The van der Waals surface area contributed by atoms with Crippen LogP contribution in [0.4, 0.5) is 0 Å². The predicted molar refractivity (Wildman–Crippen MR) is 82.7 cm³/mol. The van der Waals surface area contributed by atoms with E-state index in [1.54, 1.807) is 11.9 Å². The van der Waals surface area contributed by atoms with E-state index in [4.69, 9.17) is 12.2 Å². The molecule has 0 aliphatic heterocycles.